The van der Waals surface area contributed by atoms with Gasteiger partial charge < -0.3 is 26.2 Å². The lowest BCUT2D eigenvalue weighted by molar-refractivity contribution is -0.174. The zero-order valence-electron chi connectivity index (χ0n) is 26.8. The number of primary amides is 1. The standard InChI is InChI=1S/C37H31N3O11/c38-32(46)27-24(41)12-18-10-15-11-23-16(13-39-33(47)19-5-1-2-6-20(19)34(39)48)9-17(14-40-35(49)21-7-3-4-8-22(21)36(40)50)28(42)26(23)29(43)25(15)30(44)37(18,51)31(27)45/h1-9,15,18-20,24,27,41-43,51H,10-14H2,(H2,38,46)/t15-,18+,19?,20?,24?,27?,37+/m1/s1. The van der Waals surface area contributed by atoms with Crippen LogP contribution in [0.25, 0.3) is 5.76 Å². The number of allylic oxidation sites excluding steroid dienone is 2. The van der Waals surface area contributed by atoms with Gasteiger partial charge in [0.15, 0.2) is 11.4 Å². The molecule has 2 aromatic carbocycles. The van der Waals surface area contributed by atoms with E-state index in [1.54, 1.807) is 36.4 Å². The Morgan fingerprint density at radius 1 is 0.863 bits per heavy atom. The first-order valence-corrected chi connectivity index (χ1v) is 16.5. The van der Waals surface area contributed by atoms with Crippen LogP contribution in [0.15, 0.2) is 60.2 Å². The number of aliphatic hydroxyl groups is 3. The molecule has 4 unspecified atom stereocenters. The molecular weight excluding hydrogens is 662 g/mol. The molecular formula is C37H31N3O11. The van der Waals surface area contributed by atoms with Crippen LogP contribution in [0.4, 0.5) is 0 Å². The summed E-state index contributed by atoms with van der Waals surface area (Å²) in [5.74, 6) is -12.6. The van der Waals surface area contributed by atoms with E-state index in [-0.39, 0.29) is 64.8 Å². The highest BCUT2D eigenvalue weighted by atomic mass is 16.3. The summed E-state index contributed by atoms with van der Waals surface area (Å²) in [6.45, 7) is -0.794. The summed E-state index contributed by atoms with van der Waals surface area (Å²) in [5.41, 5.74) is 2.68. The largest absolute Gasteiger partial charge is 0.507 e. The maximum Gasteiger partial charge on any atom is 0.261 e. The monoisotopic (exact) mass is 693 g/mol. The van der Waals surface area contributed by atoms with Crippen LogP contribution < -0.4 is 5.73 Å². The Kier molecular flexibility index (Phi) is 7.09. The summed E-state index contributed by atoms with van der Waals surface area (Å²) in [7, 11) is 0. The molecule has 0 spiro atoms. The van der Waals surface area contributed by atoms with Crippen molar-refractivity contribution in [3.63, 3.8) is 0 Å². The molecule has 6 aliphatic rings. The van der Waals surface area contributed by atoms with Crippen LogP contribution in [-0.4, -0.2) is 83.0 Å². The molecule has 0 radical (unpaired) electrons. The normalized spacial score (nSPS) is 30.8. The molecule has 2 aliphatic heterocycles. The van der Waals surface area contributed by atoms with Crippen molar-refractivity contribution in [2.24, 2.45) is 35.3 Å². The van der Waals surface area contributed by atoms with Crippen molar-refractivity contribution in [1.29, 1.82) is 0 Å². The van der Waals surface area contributed by atoms with Gasteiger partial charge in [0, 0.05) is 17.1 Å². The lowest BCUT2D eigenvalue weighted by atomic mass is 9.56. The molecule has 3 fully saturated rings. The van der Waals surface area contributed by atoms with Gasteiger partial charge in [0.05, 0.1) is 47.7 Å². The van der Waals surface area contributed by atoms with Crippen LogP contribution in [0.3, 0.4) is 0 Å². The van der Waals surface area contributed by atoms with Crippen LogP contribution in [0.2, 0.25) is 0 Å². The fraction of sp³-hybridized carbons (Fsp3) is 0.324. The summed E-state index contributed by atoms with van der Waals surface area (Å²) in [4.78, 5) is 95.1. The number of carbonyl (C=O) groups excluding carboxylic acids is 7. The number of aliphatic hydroxyl groups excluding tert-OH is 2. The number of aromatic hydroxyl groups is 1. The number of hydrogen-bond donors (Lipinski definition) is 5. The van der Waals surface area contributed by atoms with E-state index in [4.69, 9.17) is 5.73 Å². The molecule has 14 heteroatoms. The number of amides is 5. The Balaban J connectivity index is 1.26. The number of ketones is 2. The van der Waals surface area contributed by atoms with Crippen molar-refractivity contribution in [3.05, 3.63) is 93.6 Å². The lowest BCUT2D eigenvalue weighted by Crippen LogP contribution is -2.66. The van der Waals surface area contributed by atoms with E-state index in [1.807, 2.05) is 0 Å². The van der Waals surface area contributed by atoms with Crippen molar-refractivity contribution in [2.75, 3.05) is 0 Å². The first kappa shape index (κ1) is 32.5. The molecule has 1 saturated heterocycles. The van der Waals surface area contributed by atoms with Gasteiger partial charge in [-0.3, -0.25) is 43.4 Å². The second kappa shape index (κ2) is 11.1. The van der Waals surface area contributed by atoms with Crippen LogP contribution in [0, 0.1) is 29.6 Å². The van der Waals surface area contributed by atoms with Crippen LogP contribution in [0.1, 0.15) is 55.8 Å². The van der Waals surface area contributed by atoms with Crippen molar-refractivity contribution < 1.29 is 54.0 Å². The molecule has 6 N–H and O–H groups in total. The smallest absolute Gasteiger partial charge is 0.261 e. The van der Waals surface area contributed by atoms with Crippen LogP contribution >= 0.6 is 0 Å². The van der Waals surface area contributed by atoms with Crippen molar-refractivity contribution in [3.8, 4) is 5.75 Å². The minimum atomic E-state index is -2.79. The number of nitrogens with two attached hydrogens (primary N) is 1. The molecule has 2 aromatic rings. The first-order chi connectivity index (χ1) is 24.2. The molecule has 0 aromatic heterocycles. The molecule has 14 nitrogen and oxygen atoms in total. The third kappa shape index (κ3) is 4.39. The van der Waals surface area contributed by atoms with Crippen molar-refractivity contribution in [2.45, 2.75) is 44.1 Å². The topological polar surface area (TPSA) is 233 Å². The van der Waals surface area contributed by atoms with Gasteiger partial charge in [-0.05, 0) is 54.5 Å². The predicted molar refractivity (Wildman–Crippen MR) is 173 cm³/mol. The molecule has 7 atom stereocenters. The average molecular weight is 694 g/mol. The molecule has 2 saturated carbocycles. The Hall–Kier alpha value is -5.73. The minimum absolute atomic E-state index is 0.0503. The number of phenolic OH excluding ortho intramolecular Hbond substituents is 1. The maximum atomic E-state index is 14.1. The number of likely N-dealkylation sites (tertiary alicyclic amines) is 1. The van der Waals surface area contributed by atoms with E-state index in [0.29, 0.717) is 0 Å². The highest BCUT2D eigenvalue weighted by Crippen LogP contribution is 2.52. The minimum Gasteiger partial charge on any atom is -0.507 e. The summed E-state index contributed by atoms with van der Waals surface area (Å²) in [5, 5.41) is 45.8. The Morgan fingerprint density at radius 3 is 2.04 bits per heavy atom. The number of imide groups is 2. The van der Waals surface area contributed by atoms with Crippen LogP contribution in [-0.2, 0) is 43.5 Å². The molecule has 260 valence electrons. The van der Waals surface area contributed by atoms with Gasteiger partial charge in [-0.2, -0.15) is 0 Å². The number of fused-ring (bicyclic) bond motifs is 5. The number of Topliss-reactive ketones (excluding diaryl/α,β-unsaturated/α-hetero) is 2. The van der Waals surface area contributed by atoms with E-state index in [0.717, 1.165) is 9.80 Å². The van der Waals surface area contributed by atoms with E-state index in [2.05, 4.69) is 0 Å². The van der Waals surface area contributed by atoms with Gasteiger partial charge in [-0.25, -0.2) is 0 Å². The summed E-state index contributed by atoms with van der Waals surface area (Å²) < 4.78 is 0. The number of hydrogen-bond acceptors (Lipinski definition) is 11. The Bertz CT molecular complexity index is 2080. The fourth-order valence-corrected chi connectivity index (χ4v) is 8.82. The first-order valence-electron chi connectivity index (χ1n) is 16.5. The SMILES string of the molecule is NC(=O)C1C(=O)[C@@]2(O)C(=O)C3=C(O)c4c(O)c(CN5C(=O)c6ccccc6C5=O)cc(CN5C(=O)C6C=CC=CC6C5=O)c4C[C@H]3C[C@H]2CC1O. The zero-order chi connectivity index (χ0) is 36.3. The van der Waals surface area contributed by atoms with Gasteiger partial charge >= 0.3 is 0 Å². The van der Waals surface area contributed by atoms with Gasteiger partial charge in [-0.15, -0.1) is 0 Å². The quantitative estimate of drug-likeness (QED) is 0.215. The number of benzene rings is 2. The lowest BCUT2D eigenvalue weighted by Gasteiger charge is -2.48. The third-order valence-electron chi connectivity index (χ3n) is 11.3. The van der Waals surface area contributed by atoms with Crippen molar-refractivity contribution in [1.82, 2.24) is 9.80 Å². The predicted octanol–water partition coefficient (Wildman–Crippen LogP) is 0.612. The second-order valence-electron chi connectivity index (χ2n) is 14.0. The van der Waals surface area contributed by atoms with Crippen molar-refractivity contribution >= 4 is 46.9 Å². The van der Waals surface area contributed by atoms with E-state index >= 15 is 0 Å². The number of phenols is 1. The molecule has 0 bridgehead atoms. The fourth-order valence-electron chi connectivity index (χ4n) is 8.82. The zero-order valence-corrected chi connectivity index (χ0v) is 26.8. The van der Waals surface area contributed by atoms with Gasteiger partial charge in [0.1, 0.15) is 17.4 Å². The average Bonchev–Trinajstić information content (AvgIpc) is 3.48. The number of nitrogens with zero attached hydrogens (tertiary/aromatic N) is 2. The van der Waals surface area contributed by atoms with Gasteiger partial charge in [-0.1, -0.05) is 36.4 Å². The summed E-state index contributed by atoms with van der Waals surface area (Å²) in [6, 6.07) is 7.61. The molecule has 5 amide bonds. The highest BCUT2D eigenvalue weighted by molar-refractivity contribution is 6.25. The number of rotatable bonds is 5. The van der Waals surface area contributed by atoms with Gasteiger partial charge in [0.2, 0.25) is 23.5 Å². The molecule has 51 heavy (non-hydrogen) atoms. The Labute approximate surface area is 289 Å². The van der Waals surface area contributed by atoms with Crippen LogP contribution in [0.5, 0.6) is 5.75 Å². The van der Waals surface area contributed by atoms with E-state index in [9.17, 15) is 54.0 Å². The Morgan fingerprint density at radius 2 is 1.45 bits per heavy atom. The van der Waals surface area contributed by atoms with E-state index in [1.165, 1.54) is 18.2 Å². The van der Waals surface area contributed by atoms with E-state index < -0.39 is 100 Å². The molecule has 4 aliphatic carbocycles. The molecule has 2 heterocycles. The van der Waals surface area contributed by atoms with Gasteiger partial charge in [0.25, 0.3) is 11.8 Å². The second-order valence-corrected chi connectivity index (χ2v) is 14.0. The maximum absolute atomic E-state index is 14.1. The summed E-state index contributed by atoms with van der Waals surface area (Å²) >= 11 is 0. The third-order valence-corrected chi connectivity index (χ3v) is 11.3. The number of carbonyl (C=O) groups is 7. The highest BCUT2D eigenvalue weighted by Gasteiger charge is 2.64. The summed E-state index contributed by atoms with van der Waals surface area (Å²) in [6.07, 6.45) is 4.59. The molecule has 8 rings (SSSR count).